The van der Waals surface area contributed by atoms with Crippen molar-refractivity contribution in [3.8, 4) is 5.75 Å². The van der Waals surface area contributed by atoms with Crippen molar-refractivity contribution in [3.63, 3.8) is 0 Å². The van der Waals surface area contributed by atoms with E-state index in [0.717, 1.165) is 22.3 Å². The van der Waals surface area contributed by atoms with Crippen LogP contribution in [-0.4, -0.2) is 17.2 Å². The molecule has 1 aromatic heterocycles. The maximum Gasteiger partial charge on any atom is 0.264 e. The van der Waals surface area contributed by atoms with Crippen LogP contribution in [0.25, 0.3) is 0 Å². The van der Waals surface area contributed by atoms with Gasteiger partial charge in [-0.05, 0) is 32.2 Å². The van der Waals surface area contributed by atoms with Gasteiger partial charge in [-0.1, -0.05) is 21.1 Å². The number of nitrogens with zero attached hydrogens (tertiary/aromatic N) is 2. The number of nitrogens with one attached hydrogen (secondary N) is 1. The maximum absolute atomic E-state index is 5.69. The van der Waals surface area contributed by atoms with Crippen LogP contribution in [0.3, 0.4) is 0 Å². The molecule has 0 aliphatic rings. The van der Waals surface area contributed by atoms with Crippen molar-refractivity contribution < 1.29 is 9.26 Å². The van der Waals surface area contributed by atoms with E-state index in [4.69, 9.17) is 9.26 Å². The van der Waals surface area contributed by atoms with Gasteiger partial charge >= 0.3 is 0 Å². The number of hydrogen-bond donors (Lipinski definition) is 1. The second-order valence-electron chi connectivity index (χ2n) is 3.81. The van der Waals surface area contributed by atoms with Crippen molar-refractivity contribution in [1.82, 2.24) is 15.5 Å². The zero-order chi connectivity index (χ0) is 13.0. The standard InChI is InChI=1S/C12H14BrN3O2/c1-8-15-12(18-16-8)7-17-11-4-3-10(13)5-9(11)6-14-2/h3-5,14H,6-7H2,1-2H3. The Morgan fingerprint density at radius 2 is 2.28 bits per heavy atom. The molecule has 0 radical (unpaired) electrons. The van der Waals surface area contributed by atoms with Gasteiger partial charge in [0.25, 0.3) is 5.89 Å². The minimum absolute atomic E-state index is 0.277. The fraction of sp³-hybridized carbons (Fsp3) is 0.333. The van der Waals surface area contributed by atoms with E-state index in [2.05, 4.69) is 31.4 Å². The molecule has 0 atom stereocenters. The lowest BCUT2D eigenvalue weighted by molar-refractivity contribution is 0.240. The molecule has 0 aliphatic heterocycles. The van der Waals surface area contributed by atoms with Crippen molar-refractivity contribution in [1.29, 1.82) is 0 Å². The highest BCUT2D eigenvalue weighted by Gasteiger charge is 2.07. The van der Waals surface area contributed by atoms with Crippen molar-refractivity contribution in [2.75, 3.05) is 7.05 Å². The quantitative estimate of drug-likeness (QED) is 0.919. The smallest absolute Gasteiger partial charge is 0.264 e. The Bertz CT molecular complexity index is 528. The van der Waals surface area contributed by atoms with Gasteiger partial charge in [-0.2, -0.15) is 4.98 Å². The van der Waals surface area contributed by atoms with Gasteiger partial charge in [0.2, 0.25) is 0 Å². The highest BCUT2D eigenvalue weighted by molar-refractivity contribution is 9.10. The number of hydrogen-bond acceptors (Lipinski definition) is 5. The summed E-state index contributed by atoms with van der Waals surface area (Å²) in [7, 11) is 1.89. The number of halogens is 1. The summed E-state index contributed by atoms with van der Waals surface area (Å²) in [6, 6.07) is 5.87. The van der Waals surface area contributed by atoms with E-state index in [1.165, 1.54) is 0 Å². The van der Waals surface area contributed by atoms with Gasteiger partial charge in [-0.25, -0.2) is 0 Å². The van der Waals surface area contributed by atoms with Gasteiger partial charge in [-0.3, -0.25) is 0 Å². The van der Waals surface area contributed by atoms with E-state index in [-0.39, 0.29) is 6.61 Å². The average Bonchev–Trinajstić information content (AvgIpc) is 2.75. The topological polar surface area (TPSA) is 60.2 Å². The first-order valence-corrected chi connectivity index (χ1v) is 6.33. The number of benzene rings is 1. The third-order valence-corrected chi connectivity index (χ3v) is 2.80. The molecular formula is C12H14BrN3O2. The third-order valence-electron chi connectivity index (χ3n) is 2.31. The molecule has 18 heavy (non-hydrogen) atoms. The summed E-state index contributed by atoms with van der Waals surface area (Å²) >= 11 is 3.44. The van der Waals surface area contributed by atoms with Gasteiger partial charge in [0.05, 0.1) is 0 Å². The molecule has 0 saturated carbocycles. The van der Waals surface area contributed by atoms with Crippen LogP contribution in [0.5, 0.6) is 5.75 Å². The summed E-state index contributed by atoms with van der Waals surface area (Å²) < 4.78 is 11.7. The zero-order valence-electron chi connectivity index (χ0n) is 10.2. The number of ether oxygens (including phenoxy) is 1. The van der Waals surface area contributed by atoms with E-state index in [9.17, 15) is 0 Å². The SMILES string of the molecule is CNCc1cc(Br)ccc1OCc1nc(C)no1. The molecule has 0 saturated heterocycles. The van der Waals surface area contributed by atoms with E-state index < -0.39 is 0 Å². The van der Waals surface area contributed by atoms with Crippen LogP contribution in [0.15, 0.2) is 27.2 Å². The highest BCUT2D eigenvalue weighted by Crippen LogP contribution is 2.23. The second-order valence-corrected chi connectivity index (χ2v) is 4.72. The maximum atomic E-state index is 5.69. The zero-order valence-corrected chi connectivity index (χ0v) is 11.8. The number of aryl methyl sites for hydroxylation is 1. The predicted molar refractivity (Wildman–Crippen MR) is 70.3 cm³/mol. The van der Waals surface area contributed by atoms with Crippen LogP contribution in [-0.2, 0) is 13.2 Å². The Hall–Kier alpha value is -1.40. The Morgan fingerprint density at radius 3 is 2.94 bits per heavy atom. The van der Waals surface area contributed by atoms with Gasteiger partial charge in [-0.15, -0.1) is 0 Å². The summed E-state index contributed by atoms with van der Waals surface area (Å²) in [4.78, 5) is 4.09. The first-order chi connectivity index (χ1) is 8.69. The lowest BCUT2D eigenvalue weighted by Crippen LogP contribution is -2.07. The van der Waals surface area contributed by atoms with Crippen LogP contribution < -0.4 is 10.1 Å². The number of aromatic nitrogens is 2. The molecule has 0 fully saturated rings. The predicted octanol–water partition coefficient (Wildman–Crippen LogP) is 2.44. The summed E-state index contributed by atoms with van der Waals surface area (Å²) in [6.07, 6.45) is 0. The molecule has 1 heterocycles. The molecule has 96 valence electrons. The monoisotopic (exact) mass is 311 g/mol. The third kappa shape index (κ3) is 3.30. The van der Waals surface area contributed by atoms with Crippen LogP contribution in [0.2, 0.25) is 0 Å². The summed E-state index contributed by atoms with van der Waals surface area (Å²) in [5, 5.41) is 6.82. The summed E-state index contributed by atoms with van der Waals surface area (Å²) in [6.45, 7) is 2.79. The summed E-state index contributed by atoms with van der Waals surface area (Å²) in [5.74, 6) is 1.90. The Balaban J connectivity index is 2.08. The van der Waals surface area contributed by atoms with Crippen molar-refractivity contribution in [2.24, 2.45) is 0 Å². The largest absolute Gasteiger partial charge is 0.483 e. The first kappa shape index (κ1) is 13.0. The molecule has 0 aliphatic carbocycles. The van der Waals surface area contributed by atoms with Gasteiger partial charge in [0.15, 0.2) is 12.4 Å². The molecule has 5 nitrogen and oxygen atoms in total. The number of rotatable bonds is 5. The minimum Gasteiger partial charge on any atom is -0.483 e. The van der Waals surface area contributed by atoms with Crippen molar-refractivity contribution in [3.05, 3.63) is 40.0 Å². The second kappa shape index (κ2) is 5.97. The average molecular weight is 312 g/mol. The molecule has 0 amide bonds. The Labute approximate surface area is 114 Å². The van der Waals surface area contributed by atoms with Gasteiger partial charge in [0, 0.05) is 16.6 Å². The van der Waals surface area contributed by atoms with Crippen LogP contribution >= 0.6 is 15.9 Å². The lowest BCUT2D eigenvalue weighted by atomic mass is 10.2. The van der Waals surface area contributed by atoms with Crippen molar-refractivity contribution >= 4 is 15.9 Å². The Morgan fingerprint density at radius 1 is 1.44 bits per heavy atom. The fourth-order valence-corrected chi connectivity index (χ4v) is 1.96. The van der Waals surface area contributed by atoms with Crippen molar-refractivity contribution in [2.45, 2.75) is 20.1 Å². The highest BCUT2D eigenvalue weighted by atomic mass is 79.9. The van der Waals surface area contributed by atoms with E-state index >= 15 is 0 Å². The molecule has 0 spiro atoms. The van der Waals surface area contributed by atoms with Gasteiger partial charge < -0.3 is 14.6 Å². The molecule has 6 heteroatoms. The van der Waals surface area contributed by atoms with Crippen LogP contribution in [0, 0.1) is 6.92 Å². The van der Waals surface area contributed by atoms with Crippen LogP contribution in [0.1, 0.15) is 17.3 Å². The van der Waals surface area contributed by atoms with E-state index in [1.807, 2.05) is 25.2 Å². The van der Waals surface area contributed by atoms with E-state index in [0.29, 0.717) is 11.7 Å². The van der Waals surface area contributed by atoms with E-state index in [1.54, 1.807) is 6.92 Å². The molecular weight excluding hydrogens is 298 g/mol. The van der Waals surface area contributed by atoms with Crippen LogP contribution in [0.4, 0.5) is 0 Å². The minimum atomic E-state index is 0.277. The lowest BCUT2D eigenvalue weighted by Gasteiger charge is -2.10. The Kier molecular flexibility index (Phi) is 4.33. The molecule has 0 bridgehead atoms. The first-order valence-electron chi connectivity index (χ1n) is 5.54. The van der Waals surface area contributed by atoms with Gasteiger partial charge in [0.1, 0.15) is 5.75 Å². The molecule has 1 aromatic carbocycles. The molecule has 1 N–H and O–H groups in total. The molecule has 2 rings (SSSR count). The molecule has 2 aromatic rings. The molecule has 0 unspecified atom stereocenters. The summed E-state index contributed by atoms with van der Waals surface area (Å²) in [5.41, 5.74) is 1.07. The normalized spacial score (nSPS) is 10.6. The fourth-order valence-electron chi connectivity index (χ4n) is 1.56.